The van der Waals surface area contributed by atoms with Crippen molar-refractivity contribution in [1.82, 2.24) is 31.2 Å². The van der Waals surface area contributed by atoms with Crippen molar-refractivity contribution in [1.29, 1.82) is 0 Å². The maximum Gasteiger partial charge on any atom is 0.326 e. The third kappa shape index (κ3) is 7.84. The molecule has 182 valence electrons. The number of hydrogen-bond acceptors (Lipinski definition) is 8. The van der Waals surface area contributed by atoms with Crippen molar-refractivity contribution in [2.24, 2.45) is 5.73 Å². The highest BCUT2D eigenvalue weighted by atomic mass is 16.4. The number of nitrogens with two attached hydrogens (primary N) is 1. The molecular weight excluding hydrogens is 438 g/mol. The number of amides is 4. The zero-order valence-corrected chi connectivity index (χ0v) is 18.0. The van der Waals surface area contributed by atoms with Crippen LogP contribution >= 0.6 is 0 Å². The average molecular weight is 467 g/mol. The normalized spacial score (nSPS) is 19.0. The number of nitrogens with zero attached hydrogens (tertiary/aromatic N) is 1. The van der Waals surface area contributed by atoms with Crippen molar-refractivity contribution >= 4 is 29.6 Å². The maximum atomic E-state index is 12.7. The van der Waals surface area contributed by atoms with Crippen LogP contribution in [0.25, 0.3) is 0 Å². The van der Waals surface area contributed by atoms with Gasteiger partial charge in [-0.1, -0.05) is 0 Å². The molecule has 14 nitrogen and oxygen atoms in total. The van der Waals surface area contributed by atoms with E-state index in [1.807, 2.05) is 0 Å². The highest BCUT2D eigenvalue weighted by Crippen LogP contribution is 2.07. The van der Waals surface area contributed by atoms with E-state index in [1.165, 1.54) is 19.4 Å². The lowest BCUT2D eigenvalue weighted by Crippen LogP contribution is -2.60. The van der Waals surface area contributed by atoms with Gasteiger partial charge in [-0.05, 0) is 26.3 Å². The predicted molar refractivity (Wildman–Crippen MR) is 112 cm³/mol. The zero-order chi connectivity index (χ0) is 24.5. The molecule has 1 aromatic rings. The summed E-state index contributed by atoms with van der Waals surface area (Å²) in [6, 6.07) is -4.83. The number of carboxylic acids is 1. The van der Waals surface area contributed by atoms with Gasteiger partial charge in [-0.25, -0.2) is 9.78 Å². The van der Waals surface area contributed by atoms with Crippen molar-refractivity contribution in [3.63, 3.8) is 0 Å². The van der Waals surface area contributed by atoms with Crippen LogP contribution in [0.4, 0.5) is 0 Å². The minimum absolute atomic E-state index is 0.126. The van der Waals surface area contributed by atoms with E-state index in [0.717, 1.165) is 6.42 Å². The summed E-state index contributed by atoms with van der Waals surface area (Å²) in [6.45, 7) is 1.92. The molecule has 33 heavy (non-hydrogen) atoms. The van der Waals surface area contributed by atoms with Gasteiger partial charge in [0.05, 0.1) is 24.9 Å². The van der Waals surface area contributed by atoms with Crippen LogP contribution in [0.1, 0.15) is 31.9 Å². The molecule has 4 amide bonds. The topological polar surface area (TPSA) is 229 Å². The van der Waals surface area contributed by atoms with Gasteiger partial charge in [0.15, 0.2) is 0 Å². The summed E-state index contributed by atoms with van der Waals surface area (Å²) in [4.78, 5) is 67.3. The third-order valence-corrected chi connectivity index (χ3v) is 5.07. The summed E-state index contributed by atoms with van der Waals surface area (Å²) in [5, 5.41) is 29.3. The molecule has 1 saturated heterocycles. The van der Waals surface area contributed by atoms with Crippen LogP contribution in [-0.4, -0.2) is 86.6 Å². The van der Waals surface area contributed by atoms with Crippen LogP contribution in [0.15, 0.2) is 12.5 Å². The van der Waals surface area contributed by atoms with E-state index in [4.69, 9.17) is 5.73 Å². The van der Waals surface area contributed by atoms with Gasteiger partial charge >= 0.3 is 5.97 Å². The molecule has 0 radical (unpaired) electrons. The Hall–Kier alpha value is -3.52. The molecule has 0 spiro atoms. The number of carbonyl (C=O) groups excluding carboxylic acids is 4. The second-order valence-corrected chi connectivity index (χ2v) is 7.79. The number of carbonyl (C=O) groups is 5. The van der Waals surface area contributed by atoms with Gasteiger partial charge in [0.25, 0.3) is 0 Å². The Morgan fingerprint density at radius 2 is 1.88 bits per heavy atom. The van der Waals surface area contributed by atoms with E-state index < -0.39 is 66.3 Å². The standard InChI is InChI=1S/C19H29N7O7/c1-9(27)15(26-16(29)11-3-2-4-22-11)18(31)24-12(6-14(20)28)17(30)25-13(19(32)33)5-10-7-21-8-23-10/h7-9,11-13,15,22,27H,2-6H2,1H3,(H2,20,28)(H,21,23)(H,24,31)(H,25,30)(H,26,29)(H,32,33). The van der Waals surface area contributed by atoms with E-state index in [9.17, 15) is 34.2 Å². The molecule has 0 bridgehead atoms. The number of aliphatic hydroxyl groups is 1. The van der Waals surface area contributed by atoms with Crippen LogP contribution < -0.4 is 27.0 Å². The van der Waals surface area contributed by atoms with E-state index in [0.29, 0.717) is 18.7 Å². The summed E-state index contributed by atoms with van der Waals surface area (Å²) < 4.78 is 0. The fraction of sp³-hybridized carbons (Fsp3) is 0.579. The second-order valence-electron chi connectivity index (χ2n) is 7.79. The van der Waals surface area contributed by atoms with Gasteiger partial charge in [-0.15, -0.1) is 0 Å². The van der Waals surface area contributed by atoms with Gasteiger partial charge in [0, 0.05) is 18.3 Å². The predicted octanol–water partition coefficient (Wildman–Crippen LogP) is -3.50. The minimum atomic E-state index is -1.53. The van der Waals surface area contributed by atoms with Crippen LogP contribution in [0.2, 0.25) is 0 Å². The van der Waals surface area contributed by atoms with Gasteiger partial charge in [0.1, 0.15) is 18.1 Å². The number of rotatable bonds is 12. The van der Waals surface area contributed by atoms with Gasteiger partial charge < -0.3 is 42.2 Å². The first-order chi connectivity index (χ1) is 15.6. The molecule has 1 aliphatic heterocycles. The second kappa shape index (κ2) is 11.9. The van der Waals surface area contributed by atoms with Crippen molar-refractivity contribution in [3.05, 3.63) is 18.2 Å². The molecular formula is C19H29N7O7. The maximum absolute atomic E-state index is 12.7. The number of carboxylic acid groups (broad SMARTS) is 1. The lowest BCUT2D eigenvalue weighted by Gasteiger charge is -2.26. The lowest BCUT2D eigenvalue weighted by molar-refractivity contribution is -0.142. The number of primary amides is 1. The first kappa shape index (κ1) is 25.7. The lowest BCUT2D eigenvalue weighted by atomic mass is 10.1. The van der Waals surface area contributed by atoms with Crippen LogP contribution in [0, 0.1) is 0 Å². The number of aromatic nitrogens is 2. The Kier molecular flexibility index (Phi) is 9.30. The summed E-state index contributed by atoms with van der Waals surface area (Å²) >= 11 is 0. The molecule has 5 unspecified atom stereocenters. The number of aromatic amines is 1. The number of H-pyrrole nitrogens is 1. The Morgan fingerprint density at radius 3 is 2.39 bits per heavy atom. The van der Waals surface area contributed by atoms with E-state index in [1.54, 1.807) is 0 Å². The van der Waals surface area contributed by atoms with Crippen molar-refractivity contribution in [2.45, 2.75) is 62.9 Å². The molecule has 2 heterocycles. The number of aliphatic hydroxyl groups excluding tert-OH is 1. The molecule has 1 aliphatic rings. The van der Waals surface area contributed by atoms with Crippen LogP contribution in [0.5, 0.6) is 0 Å². The summed E-state index contributed by atoms with van der Waals surface area (Å²) in [5.74, 6) is -4.67. The monoisotopic (exact) mass is 467 g/mol. The molecule has 0 saturated carbocycles. The van der Waals surface area contributed by atoms with Crippen LogP contribution in [0.3, 0.4) is 0 Å². The molecule has 5 atom stereocenters. The van der Waals surface area contributed by atoms with E-state index in [2.05, 4.69) is 31.2 Å². The zero-order valence-electron chi connectivity index (χ0n) is 18.0. The SMILES string of the molecule is CC(O)C(NC(=O)C1CCCN1)C(=O)NC(CC(N)=O)C(=O)NC(Cc1cnc[nH]1)C(=O)O. The first-order valence-electron chi connectivity index (χ1n) is 10.4. The fourth-order valence-corrected chi connectivity index (χ4v) is 3.33. The molecule has 2 rings (SSSR count). The molecule has 0 aliphatic carbocycles. The van der Waals surface area contributed by atoms with Gasteiger partial charge in [0.2, 0.25) is 23.6 Å². The highest BCUT2D eigenvalue weighted by molar-refractivity contribution is 5.96. The van der Waals surface area contributed by atoms with Gasteiger partial charge in [-0.2, -0.15) is 0 Å². The summed E-state index contributed by atoms with van der Waals surface area (Å²) in [6.07, 6.45) is 2.02. The summed E-state index contributed by atoms with van der Waals surface area (Å²) in [5.41, 5.74) is 5.62. The number of aliphatic carboxylic acids is 1. The van der Waals surface area contributed by atoms with Crippen molar-refractivity contribution < 1.29 is 34.2 Å². The largest absolute Gasteiger partial charge is 0.480 e. The van der Waals surface area contributed by atoms with E-state index >= 15 is 0 Å². The quantitative estimate of drug-likeness (QED) is 0.152. The molecule has 9 N–H and O–H groups in total. The molecule has 1 fully saturated rings. The highest BCUT2D eigenvalue weighted by Gasteiger charge is 2.34. The Bertz CT molecular complexity index is 853. The Labute approximate surface area is 189 Å². The van der Waals surface area contributed by atoms with Crippen molar-refractivity contribution in [2.75, 3.05) is 6.54 Å². The Morgan fingerprint density at radius 1 is 1.18 bits per heavy atom. The first-order valence-corrected chi connectivity index (χ1v) is 10.4. The average Bonchev–Trinajstić information content (AvgIpc) is 3.44. The fourth-order valence-electron chi connectivity index (χ4n) is 3.33. The molecule has 0 aromatic carbocycles. The smallest absolute Gasteiger partial charge is 0.326 e. The number of nitrogens with one attached hydrogen (secondary N) is 5. The third-order valence-electron chi connectivity index (χ3n) is 5.07. The molecule has 14 heteroatoms. The van der Waals surface area contributed by atoms with Crippen LogP contribution in [-0.2, 0) is 30.4 Å². The Balaban J connectivity index is 2.08. The number of imidazole rings is 1. The summed E-state index contributed by atoms with van der Waals surface area (Å²) in [7, 11) is 0. The number of hydrogen-bond donors (Lipinski definition) is 8. The minimum Gasteiger partial charge on any atom is -0.480 e. The van der Waals surface area contributed by atoms with Gasteiger partial charge in [-0.3, -0.25) is 19.2 Å². The van der Waals surface area contributed by atoms with Crippen molar-refractivity contribution in [3.8, 4) is 0 Å². The molecule has 1 aromatic heterocycles. The van der Waals surface area contributed by atoms with E-state index in [-0.39, 0.29) is 6.42 Å².